The van der Waals surface area contributed by atoms with Gasteiger partial charge in [-0.25, -0.2) is 9.97 Å². The summed E-state index contributed by atoms with van der Waals surface area (Å²) in [5.74, 6) is -0.477. The normalized spacial score (nSPS) is 11.9. The average Bonchev–Trinajstić information content (AvgIpc) is 2.21. The summed E-state index contributed by atoms with van der Waals surface area (Å²) in [7, 11) is -0.461. The third kappa shape index (κ3) is 3.52. The second kappa shape index (κ2) is 5.27. The maximum Gasteiger partial charge on any atom is 0.504 e. The van der Waals surface area contributed by atoms with Crippen molar-refractivity contribution in [2.75, 3.05) is 0 Å². The quantitative estimate of drug-likeness (QED) is 0.485. The lowest BCUT2D eigenvalue weighted by Crippen LogP contribution is -2.32. The highest BCUT2D eigenvalue weighted by Crippen LogP contribution is 2.05. The van der Waals surface area contributed by atoms with E-state index < -0.39 is 19.7 Å². The van der Waals surface area contributed by atoms with E-state index in [2.05, 4.69) is 9.97 Å². The molecule has 0 aliphatic carbocycles. The van der Waals surface area contributed by atoms with Gasteiger partial charge in [-0.15, -0.1) is 0 Å². The van der Waals surface area contributed by atoms with Crippen LogP contribution in [0.3, 0.4) is 0 Å². The molecule has 0 unspecified atom stereocenters. The Hall–Kier alpha value is -1.67. The molecule has 1 rings (SSSR count). The van der Waals surface area contributed by atoms with Gasteiger partial charge in [0.15, 0.2) is 0 Å². The standard InChI is InChI=1S/C7H10BN3O4/c9-5(7(12)13)1-6-10-2-4(3-11-6)15-8-14/h2-3,5,8,14H,1,9H2,(H,12,13)/t5-/m0/s1. The first kappa shape index (κ1) is 11.4. The van der Waals surface area contributed by atoms with Gasteiger partial charge in [0.1, 0.15) is 17.6 Å². The molecular formula is C7H10BN3O4. The van der Waals surface area contributed by atoms with E-state index in [-0.39, 0.29) is 6.42 Å². The number of rotatable bonds is 5. The number of hydrogen-bond donors (Lipinski definition) is 3. The molecule has 0 fully saturated rings. The smallest absolute Gasteiger partial charge is 0.504 e. The fourth-order valence-electron chi connectivity index (χ4n) is 0.881. The average molecular weight is 211 g/mol. The zero-order valence-electron chi connectivity index (χ0n) is 7.83. The van der Waals surface area contributed by atoms with Crippen LogP contribution in [0.15, 0.2) is 12.4 Å². The molecule has 1 aromatic heterocycles. The third-order valence-electron chi connectivity index (χ3n) is 1.63. The Balaban J connectivity index is 2.60. The van der Waals surface area contributed by atoms with Crippen LogP contribution < -0.4 is 10.4 Å². The van der Waals surface area contributed by atoms with Gasteiger partial charge in [-0.3, -0.25) is 4.79 Å². The predicted octanol–water partition coefficient (Wildman–Crippen LogP) is -1.93. The van der Waals surface area contributed by atoms with Gasteiger partial charge in [0.25, 0.3) is 0 Å². The van der Waals surface area contributed by atoms with E-state index in [1.165, 1.54) is 12.4 Å². The van der Waals surface area contributed by atoms with E-state index in [9.17, 15) is 4.79 Å². The number of nitrogens with zero attached hydrogens (tertiary/aromatic N) is 2. The van der Waals surface area contributed by atoms with E-state index in [0.29, 0.717) is 11.6 Å². The van der Waals surface area contributed by atoms with Crippen LogP contribution in [0.4, 0.5) is 0 Å². The van der Waals surface area contributed by atoms with Crippen molar-refractivity contribution in [2.45, 2.75) is 12.5 Å². The molecule has 0 spiro atoms. The maximum atomic E-state index is 10.4. The lowest BCUT2D eigenvalue weighted by molar-refractivity contribution is -0.138. The first-order valence-corrected chi connectivity index (χ1v) is 4.16. The minimum Gasteiger partial charge on any atom is -0.537 e. The van der Waals surface area contributed by atoms with Gasteiger partial charge >= 0.3 is 13.7 Å². The number of carboxylic acid groups (broad SMARTS) is 1. The summed E-state index contributed by atoms with van der Waals surface area (Å²) in [5.41, 5.74) is 5.29. The van der Waals surface area contributed by atoms with Crippen molar-refractivity contribution in [1.29, 1.82) is 0 Å². The fourth-order valence-corrected chi connectivity index (χ4v) is 0.881. The molecule has 1 atom stereocenters. The van der Waals surface area contributed by atoms with Gasteiger partial charge in [-0.05, 0) is 0 Å². The summed E-state index contributed by atoms with van der Waals surface area (Å²) in [6.07, 6.45) is 2.73. The van der Waals surface area contributed by atoms with Crippen molar-refractivity contribution >= 4 is 13.7 Å². The Labute approximate surface area is 86.2 Å². The van der Waals surface area contributed by atoms with E-state index >= 15 is 0 Å². The van der Waals surface area contributed by atoms with Crippen molar-refractivity contribution < 1.29 is 19.6 Å². The zero-order valence-corrected chi connectivity index (χ0v) is 7.83. The Morgan fingerprint density at radius 3 is 2.67 bits per heavy atom. The van der Waals surface area contributed by atoms with Gasteiger partial charge in [-0.2, -0.15) is 0 Å². The molecule has 0 radical (unpaired) electrons. The number of aromatic nitrogens is 2. The number of hydrogen-bond acceptors (Lipinski definition) is 6. The van der Waals surface area contributed by atoms with Crippen LogP contribution >= 0.6 is 0 Å². The largest absolute Gasteiger partial charge is 0.537 e. The summed E-state index contributed by atoms with van der Waals surface area (Å²) in [5, 5.41) is 17.0. The molecule has 0 saturated carbocycles. The number of nitrogens with two attached hydrogens (primary N) is 1. The minimum atomic E-state index is -1.10. The zero-order chi connectivity index (χ0) is 11.3. The Morgan fingerprint density at radius 2 is 2.20 bits per heavy atom. The van der Waals surface area contributed by atoms with E-state index in [1.54, 1.807) is 0 Å². The summed E-state index contributed by atoms with van der Waals surface area (Å²) in [6, 6.07) is -1.02. The van der Waals surface area contributed by atoms with Gasteiger partial charge < -0.3 is 20.5 Å². The second-order valence-corrected chi connectivity index (χ2v) is 2.76. The number of aliphatic carboxylic acids is 1. The molecular weight excluding hydrogens is 201 g/mol. The van der Waals surface area contributed by atoms with Gasteiger partial charge in [0.2, 0.25) is 0 Å². The van der Waals surface area contributed by atoms with E-state index in [4.69, 9.17) is 20.5 Å². The maximum absolute atomic E-state index is 10.4. The molecule has 0 saturated heterocycles. The van der Waals surface area contributed by atoms with Crippen LogP contribution in [0.5, 0.6) is 5.75 Å². The van der Waals surface area contributed by atoms with Crippen LogP contribution in [0.25, 0.3) is 0 Å². The number of carbonyl (C=O) groups is 1. The molecule has 0 aliphatic heterocycles. The highest BCUT2D eigenvalue weighted by Gasteiger charge is 2.13. The lowest BCUT2D eigenvalue weighted by atomic mass is 10.2. The molecule has 0 amide bonds. The fraction of sp³-hybridized carbons (Fsp3) is 0.286. The van der Waals surface area contributed by atoms with Crippen LogP contribution in [0, 0.1) is 0 Å². The first-order chi connectivity index (χ1) is 7.13. The van der Waals surface area contributed by atoms with Crippen molar-refractivity contribution in [3.05, 3.63) is 18.2 Å². The highest BCUT2D eigenvalue weighted by atomic mass is 16.5. The van der Waals surface area contributed by atoms with Gasteiger partial charge in [0.05, 0.1) is 12.4 Å². The van der Waals surface area contributed by atoms with Crippen LogP contribution in [0.1, 0.15) is 5.82 Å². The highest BCUT2D eigenvalue weighted by molar-refractivity contribution is 6.17. The summed E-state index contributed by atoms with van der Waals surface area (Å²) >= 11 is 0. The topological polar surface area (TPSA) is 119 Å². The Kier molecular flexibility index (Phi) is 4.01. The summed E-state index contributed by atoms with van der Waals surface area (Å²) in [4.78, 5) is 18.1. The molecule has 1 heterocycles. The van der Waals surface area contributed by atoms with Gasteiger partial charge in [0, 0.05) is 6.42 Å². The predicted molar refractivity (Wildman–Crippen MR) is 51.3 cm³/mol. The molecule has 15 heavy (non-hydrogen) atoms. The molecule has 80 valence electrons. The molecule has 8 heteroatoms. The lowest BCUT2D eigenvalue weighted by Gasteiger charge is -2.05. The van der Waals surface area contributed by atoms with E-state index in [0.717, 1.165) is 0 Å². The molecule has 7 nitrogen and oxygen atoms in total. The molecule has 0 aliphatic rings. The third-order valence-corrected chi connectivity index (χ3v) is 1.63. The Morgan fingerprint density at radius 1 is 1.60 bits per heavy atom. The second-order valence-electron chi connectivity index (χ2n) is 2.76. The molecule has 4 N–H and O–H groups in total. The summed E-state index contributed by atoms with van der Waals surface area (Å²) < 4.78 is 4.70. The van der Waals surface area contributed by atoms with Gasteiger partial charge in [-0.1, -0.05) is 0 Å². The molecule has 0 bridgehead atoms. The number of carboxylic acids is 1. The van der Waals surface area contributed by atoms with Crippen LogP contribution in [-0.2, 0) is 11.2 Å². The minimum absolute atomic E-state index is 0.0503. The van der Waals surface area contributed by atoms with Crippen LogP contribution in [0.2, 0.25) is 0 Å². The van der Waals surface area contributed by atoms with Crippen molar-refractivity contribution in [2.24, 2.45) is 5.73 Å². The summed E-state index contributed by atoms with van der Waals surface area (Å²) in [6.45, 7) is 0. The van der Waals surface area contributed by atoms with Crippen molar-refractivity contribution in [1.82, 2.24) is 9.97 Å². The van der Waals surface area contributed by atoms with E-state index in [1.807, 2.05) is 0 Å². The van der Waals surface area contributed by atoms with Crippen molar-refractivity contribution in [3.63, 3.8) is 0 Å². The van der Waals surface area contributed by atoms with Crippen LogP contribution in [-0.4, -0.2) is 39.8 Å². The monoisotopic (exact) mass is 211 g/mol. The molecule has 0 aromatic carbocycles. The first-order valence-electron chi connectivity index (χ1n) is 4.16. The molecule has 1 aromatic rings. The Bertz CT molecular complexity index is 332. The SMILES string of the molecule is N[C@@H](Cc1ncc(OBO)cn1)C(=O)O. The van der Waals surface area contributed by atoms with Crippen molar-refractivity contribution in [3.8, 4) is 5.75 Å².